The molecule has 2 amide bonds. The molecule has 3 aromatic carbocycles. The van der Waals surface area contributed by atoms with Gasteiger partial charge < -0.3 is 10.2 Å². The van der Waals surface area contributed by atoms with Gasteiger partial charge in [-0.2, -0.15) is 0 Å². The lowest BCUT2D eigenvalue weighted by molar-refractivity contribution is -0.117. The molecule has 1 aliphatic heterocycles. The van der Waals surface area contributed by atoms with Crippen molar-refractivity contribution in [1.82, 2.24) is 9.55 Å². The van der Waals surface area contributed by atoms with E-state index in [2.05, 4.69) is 12.2 Å². The van der Waals surface area contributed by atoms with Crippen LogP contribution in [-0.2, 0) is 16.0 Å². The van der Waals surface area contributed by atoms with E-state index in [0.29, 0.717) is 46.1 Å². The van der Waals surface area contributed by atoms with Gasteiger partial charge in [0.25, 0.3) is 5.56 Å². The maximum atomic E-state index is 13.4. The van der Waals surface area contributed by atoms with Gasteiger partial charge in [-0.3, -0.25) is 19.0 Å². The molecule has 182 valence electrons. The predicted octanol–water partition coefficient (Wildman–Crippen LogP) is 4.81. The molecule has 1 saturated heterocycles. The highest BCUT2D eigenvalue weighted by molar-refractivity contribution is 7.99. The highest BCUT2D eigenvalue weighted by atomic mass is 32.2. The zero-order valence-electron chi connectivity index (χ0n) is 19.9. The third kappa shape index (κ3) is 4.77. The molecule has 2 heterocycles. The lowest BCUT2D eigenvalue weighted by Crippen LogP contribution is -2.26. The Hall–Kier alpha value is -3.91. The van der Waals surface area contributed by atoms with Gasteiger partial charge in [-0.25, -0.2) is 4.98 Å². The van der Waals surface area contributed by atoms with Crippen molar-refractivity contribution >= 4 is 45.9 Å². The van der Waals surface area contributed by atoms with Crippen LogP contribution in [0.5, 0.6) is 0 Å². The van der Waals surface area contributed by atoms with E-state index in [1.165, 1.54) is 17.3 Å². The largest absolute Gasteiger partial charge is 0.324 e. The number of aryl methyl sites for hydroxylation is 1. The van der Waals surface area contributed by atoms with Crippen LogP contribution in [0, 0.1) is 0 Å². The van der Waals surface area contributed by atoms with Crippen molar-refractivity contribution in [1.29, 1.82) is 0 Å². The monoisotopic (exact) mass is 498 g/mol. The lowest BCUT2D eigenvalue weighted by Gasteiger charge is -2.20. The van der Waals surface area contributed by atoms with Crippen molar-refractivity contribution in [2.24, 2.45) is 0 Å². The Balaban J connectivity index is 1.42. The zero-order chi connectivity index (χ0) is 25.1. The summed E-state index contributed by atoms with van der Waals surface area (Å²) in [4.78, 5) is 45.1. The second-order valence-corrected chi connectivity index (χ2v) is 9.52. The summed E-state index contributed by atoms with van der Waals surface area (Å²) in [6, 6.07) is 22.3. The fraction of sp³-hybridized carbons (Fsp3) is 0.214. The van der Waals surface area contributed by atoms with E-state index in [4.69, 9.17) is 4.98 Å². The molecule has 5 rings (SSSR count). The Morgan fingerprint density at radius 1 is 1.00 bits per heavy atom. The van der Waals surface area contributed by atoms with Gasteiger partial charge in [0, 0.05) is 13.0 Å². The Bertz CT molecular complexity index is 1500. The molecule has 0 unspecified atom stereocenters. The Morgan fingerprint density at radius 3 is 2.50 bits per heavy atom. The highest BCUT2D eigenvalue weighted by Gasteiger charge is 2.24. The zero-order valence-corrected chi connectivity index (χ0v) is 20.8. The van der Waals surface area contributed by atoms with E-state index in [0.717, 1.165) is 12.8 Å². The Labute approximate surface area is 213 Å². The first-order chi connectivity index (χ1) is 17.5. The van der Waals surface area contributed by atoms with Crippen molar-refractivity contribution in [3.05, 3.63) is 88.7 Å². The van der Waals surface area contributed by atoms with Crippen molar-refractivity contribution in [3.63, 3.8) is 0 Å². The molecular formula is C28H26N4O3S. The summed E-state index contributed by atoms with van der Waals surface area (Å²) >= 11 is 1.21. The third-order valence-corrected chi connectivity index (χ3v) is 7.16. The molecule has 1 fully saturated rings. The third-order valence-electron chi connectivity index (χ3n) is 6.22. The molecule has 4 aromatic rings. The molecule has 0 radical (unpaired) electrons. The van der Waals surface area contributed by atoms with Crippen LogP contribution in [0.2, 0.25) is 0 Å². The summed E-state index contributed by atoms with van der Waals surface area (Å²) in [5, 5.41) is 3.90. The first-order valence-corrected chi connectivity index (χ1v) is 13.0. The molecule has 36 heavy (non-hydrogen) atoms. The summed E-state index contributed by atoms with van der Waals surface area (Å²) in [7, 11) is 0. The molecule has 7 nitrogen and oxygen atoms in total. The Morgan fingerprint density at radius 2 is 1.75 bits per heavy atom. The minimum Gasteiger partial charge on any atom is -0.324 e. The van der Waals surface area contributed by atoms with Crippen LogP contribution in [0.4, 0.5) is 11.4 Å². The average molecular weight is 499 g/mol. The second-order valence-electron chi connectivity index (χ2n) is 8.58. The average Bonchev–Trinajstić information content (AvgIpc) is 3.33. The maximum absolute atomic E-state index is 13.4. The maximum Gasteiger partial charge on any atom is 0.266 e. The van der Waals surface area contributed by atoms with Gasteiger partial charge in [0.15, 0.2) is 5.16 Å². The van der Waals surface area contributed by atoms with Gasteiger partial charge in [0.05, 0.1) is 33.7 Å². The van der Waals surface area contributed by atoms with Gasteiger partial charge in [0.2, 0.25) is 11.8 Å². The number of thioether (sulfide) groups is 1. The highest BCUT2D eigenvalue weighted by Crippen LogP contribution is 2.30. The SMILES string of the molecule is CCc1ccc(-n2c(SCC(=O)Nc3ccccc3N3CCCC3=O)nc3ccccc3c2=O)cc1. The smallest absolute Gasteiger partial charge is 0.266 e. The van der Waals surface area contributed by atoms with E-state index < -0.39 is 0 Å². The van der Waals surface area contributed by atoms with E-state index in [9.17, 15) is 14.4 Å². The van der Waals surface area contributed by atoms with Crippen molar-refractivity contribution < 1.29 is 9.59 Å². The molecular weight excluding hydrogens is 472 g/mol. The molecule has 1 N–H and O–H groups in total. The number of para-hydroxylation sites is 3. The van der Waals surface area contributed by atoms with Crippen LogP contribution in [0.3, 0.4) is 0 Å². The number of aromatic nitrogens is 2. The van der Waals surface area contributed by atoms with Crippen molar-refractivity contribution in [3.8, 4) is 5.69 Å². The molecule has 8 heteroatoms. The van der Waals surface area contributed by atoms with Crippen molar-refractivity contribution in [2.45, 2.75) is 31.3 Å². The lowest BCUT2D eigenvalue weighted by atomic mass is 10.1. The number of hydrogen-bond donors (Lipinski definition) is 1. The molecule has 0 spiro atoms. The fourth-order valence-electron chi connectivity index (χ4n) is 4.35. The van der Waals surface area contributed by atoms with Crippen LogP contribution in [0.15, 0.2) is 82.7 Å². The number of carbonyl (C=O) groups excluding carboxylic acids is 2. The van der Waals surface area contributed by atoms with Gasteiger partial charge >= 0.3 is 0 Å². The summed E-state index contributed by atoms with van der Waals surface area (Å²) in [6.07, 6.45) is 2.22. The van der Waals surface area contributed by atoms with Crippen LogP contribution in [0.25, 0.3) is 16.6 Å². The summed E-state index contributed by atoms with van der Waals surface area (Å²) in [5.74, 6) is -0.126. The van der Waals surface area contributed by atoms with E-state index in [1.54, 1.807) is 27.7 Å². The number of carbonyl (C=O) groups is 2. The number of benzene rings is 3. The number of nitrogens with zero attached hydrogens (tertiary/aromatic N) is 3. The molecule has 0 bridgehead atoms. The molecule has 1 aliphatic rings. The standard InChI is InChI=1S/C28H26N4O3S/c1-2-19-13-15-20(16-14-19)32-27(35)21-8-3-4-9-22(21)30-28(32)36-18-25(33)29-23-10-5-6-11-24(23)31-17-7-12-26(31)34/h3-6,8-11,13-16H,2,7,12,17-18H2,1H3,(H,29,33). The number of fused-ring (bicyclic) bond motifs is 1. The molecule has 1 aromatic heterocycles. The van der Waals surface area contributed by atoms with Crippen LogP contribution < -0.4 is 15.8 Å². The van der Waals surface area contributed by atoms with Gasteiger partial charge in [-0.05, 0) is 54.8 Å². The topological polar surface area (TPSA) is 84.3 Å². The summed E-state index contributed by atoms with van der Waals surface area (Å²) in [6.45, 7) is 2.72. The number of amides is 2. The first-order valence-electron chi connectivity index (χ1n) is 12.0. The van der Waals surface area contributed by atoms with Gasteiger partial charge in [-0.1, -0.05) is 55.1 Å². The molecule has 0 saturated carbocycles. The minimum atomic E-state index is -0.241. The van der Waals surface area contributed by atoms with E-state index in [1.807, 2.05) is 54.6 Å². The molecule has 0 atom stereocenters. The van der Waals surface area contributed by atoms with Crippen molar-refractivity contribution in [2.75, 3.05) is 22.5 Å². The quantitative estimate of drug-likeness (QED) is 0.292. The second kappa shape index (κ2) is 10.4. The van der Waals surface area contributed by atoms with E-state index in [-0.39, 0.29) is 23.1 Å². The number of anilines is 2. The number of rotatable bonds is 7. The van der Waals surface area contributed by atoms with Gasteiger partial charge in [-0.15, -0.1) is 0 Å². The van der Waals surface area contributed by atoms with E-state index >= 15 is 0 Å². The Kier molecular flexibility index (Phi) is 6.86. The number of nitrogens with one attached hydrogen (secondary N) is 1. The number of hydrogen-bond acceptors (Lipinski definition) is 5. The summed E-state index contributed by atoms with van der Waals surface area (Å²) < 4.78 is 1.57. The fourth-order valence-corrected chi connectivity index (χ4v) is 5.16. The van der Waals surface area contributed by atoms with Gasteiger partial charge in [0.1, 0.15) is 0 Å². The minimum absolute atomic E-state index is 0.0557. The first kappa shape index (κ1) is 23.8. The van der Waals surface area contributed by atoms with Crippen LogP contribution in [0.1, 0.15) is 25.3 Å². The van der Waals surface area contributed by atoms with Crippen LogP contribution >= 0.6 is 11.8 Å². The molecule has 0 aliphatic carbocycles. The summed E-state index contributed by atoms with van der Waals surface area (Å²) in [5.41, 5.74) is 3.59. The predicted molar refractivity (Wildman–Crippen MR) is 144 cm³/mol. The van der Waals surface area contributed by atoms with Crippen LogP contribution in [-0.4, -0.2) is 33.7 Å². The normalized spacial score (nSPS) is 13.4.